The van der Waals surface area contributed by atoms with E-state index in [4.69, 9.17) is 20.4 Å². The zero-order chi connectivity index (χ0) is 29.0. The summed E-state index contributed by atoms with van der Waals surface area (Å²) in [7, 11) is 0. The van der Waals surface area contributed by atoms with Gasteiger partial charge in [0.05, 0.1) is 0 Å². The highest BCUT2D eigenvalue weighted by Crippen LogP contribution is 1.84. The monoisotopic (exact) mass is 512 g/mol. The van der Waals surface area contributed by atoms with E-state index in [0.29, 0.717) is 12.8 Å². The van der Waals surface area contributed by atoms with Crippen LogP contribution >= 0.6 is 0 Å². The maximum Gasteiger partial charge on any atom is 0.0465 e. The lowest BCUT2D eigenvalue weighted by Gasteiger charge is -1.83. The van der Waals surface area contributed by atoms with Crippen LogP contribution in [0, 0.1) is 0 Å². The van der Waals surface area contributed by atoms with Gasteiger partial charge >= 0.3 is 0 Å². The number of aliphatic hydroxyl groups excluding tert-OH is 4. The second-order valence-electron chi connectivity index (χ2n) is 6.96. The number of hydrogen-bond donors (Lipinski definition) is 4. The van der Waals surface area contributed by atoms with Crippen LogP contribution in [0.15, 0.2) is 73.9 Å². The highest BCUT2D eigenvalue weighted by atomic mass is 16.3. The normalized spacial score (nSPS) is 9.61. The quantitative estimate of drug-likeness (QED) is 0.176. The maximum absolute atomic E-state index is 8.25. The zero-order valence-corrected chi connectivity index (χ0v) is 24.9. The first-order valence-electron chi connectivity index (χ1n) is 13.7. The Morgan fingerprint density at radius 2 is 0.528 bits per heavy atom. The van der Waals surface area contributed by atoms with E-state index in [1.54, 1.807) is 0 Å². The van der Waals surface area contributed by atoms with Gasteiger partial charge in [0.2, 0.25) is 0 Å². The fourth-order valence-electron chi connectivity index (χ4n) is 1.44. The maximum atomic E-state index is 8.25. The van der Waals surface area contributed by atoms with Crippen molar-refractivity contribution >= 4 is 0 Å². The van der Waals surface area contributed by atoms with Gasteiger partial charge in [0.15, 0.2) is 0 Å². The van der Waals surface area contributed by atoms with E-state index >= 15 is 0 Å². The second kappa shape index (κ2) is 69.9. The molecule has 0 atom stereocenters. The highest BCUT2D eigenvalue weighted by Gasteiger charge is 1.73. The fourth-order valence-corrected chi connectivity index (χ4v) is 1.44. The molecule has 0 saturated heterocycles. The first-order chi connectivity index (χ1) is 17.5. The molecule has 0 spiro atoms. The van der Waals surface area contributed by atoms with Crippen molar-refractivity contribution in [2.24, 2.45) is 0 Å². The topological polar surface area (TPSA) is 80.9 Å². The van der Waals surface area contributed by atoms with Crippen LogP contribution < -0.4 is 0 Å². The van der Waals surface area contributed by atoms with Crippen LogP contribution in [0.5, 0.6) is 0 Å². The molecule has 4 N–H and O–H groups in total. The van der Waals surface area contributed by atoms with Gasteiger partial charge < -0.3 is 20.4 Å². The van der Waals surface area contributed by atoms with Gasteiger partial charge in [0.1, 0.15) is 0 Å². The highest BCUT2D eigenvalue weighted by molar-refractivity contribution is 4.81. The lowest BCUT2D eigenvalue weighted by Crippen LogP contribution is -1.78. The van der Waals surface area contributed by atoms with Gasteiger partial charge in [-0.2, -0.15) is 0 Å². The minimum atomic E-state index is 0.196. The van der Waals surface area contributed by atoms with Crippen molar-refractivity contribution in [2.75, 3.05) is 26.4 Å². The zero-order valence-electron chi connectivity index (χ0n) is 24.9. The van der Waals surface area contributed by atoms with Gasteiger partial charge in [-0.25, -0.2) is 0 Å². The van der Waals surface area contributed by atoms with E-state index in [1.807, 2.05) is 36.5 Å². The van der Waals surface area contributed by atoms with E-state index in [-0.39, 0.29) is 26.4 Å². The summed E-state index contributed by atoms with van der Waals surface area (Å²) in [6, 6.07) is 0. The van der Waals surface area contributed by atoms with Crippen LogP contribution in [0.25, 0.3) is 0 Å². The molecular weight excluding hydrogens is 448 g/mol. The number of hydrogen-bond acceptors (Lipinski definition) is 4. The Bertz CT molecular complexity index is 386. The number of aliphatic hydroxyl groups is 4. The standard InChI is InChI=1S/C6H12O2.2C6H12O.C6H12.2C4H8/c7-5-3-1-2-4-6-8;2*1-2-3-4-5-6-7;1-3-5-6-4-2;2*1-3-4-2/h1-2,7-8H,3-6H2;2*3-4,7H,2,5-6H2,1H3;5-6H,3-4H2,1-2H3;2*3H,1,4H2,2H3/b2-1+;2*4-3+;6-5+;;. The lowest BCUT2D eigenvalue weighted by atomic mass is 10.3. The van der Waals surface area contributed by atoms with E-state index in [1.165, 1.54) is 12.8 Å². The van der Waals surface area contributed by atoms with Crippen LogP contribution in [0.4, 0.5) is 0 Å². The van der Waals surface area contributed by atoms with Crippen molar-refractivity contribution in [1.29, 1.82) is 0 Å². The molecule has 0 aliphatic rings. The van der Waals surface area contributed by atoms with Crippen molar-refractivity contribution in [3.05, 3.63) is 73.9 Å². The van der Waals surface area contributed by atoms with Crippen LogP contribution in [0.1, 0.15) is 106 Å². The molecule has 0 heterocycles. The van der Waals surface area contributed by atoms with Gasteiger partial charge in [-0.05, 0) is 64.2 Å². The van der Waals surface area contributed by atoms with Gasteiger partial charge in [0.25, 0.3) is 0 Å². The third-order valence-electron chi connectivity index (χ3n) is 3.37. The van der Waals surface area contributed by atoms with Crippen molar-refractivity contribution in [2.45, 2.75) is 106 Å². The summed E-state index contributed by atoms with van der Waals surface area (Å²) in [6.07, 6.45) is 29.5. The lowest BCUT2D eigenvalue weighted by molar-refractivity contribution is 0.298. The molecule has 0 amide bonds. The molecule has 0 saturated carbocycles. The molecule has 0 aliphatic carbocycles. The van der Waals surface area contributed by atoms with E-state index in [0.717, 1.165) is 38.5 Å². The van der Waals surface area contributed by atoms with Crippen LogP contribution in [0.3, 0.4) is 0 Å². The van der Waals surface area contributed by atoms with Crippen molar-refractivity contribution < 1.29 is 20.4 Å². The average Bonchev–Trinajstić information content (AvgIpc) is 2.92. The van der Waals surface area contributed by atoms with Gasteiger partial charge in [-0.3, -0.25) is 0 Å². The molecule has 0 radical (unpaired) electrons. The predicted molar refractivity (Wildman–Crippen MR) is 166 cm³/mol. The van der Waals surface area contributed by atoms with E-state index in [2.05, 4.69) is 79.0 Å². The molecule has 0 bridgehead atoms. The Morgan fingerprint density at radius 3 is 0.667 bits per heavy atom. The molecule has 4 nitrogen and oxygen atoms in total. The Morgan fingerprint density at radius 1 is 0.361 bits per heavy atom. The predicted octanol–water partition coefficient (Wildman–Crippen LogP) is 8.50. The van der Waals surface area contributed by atoms with Gasteiger partial charge in [0, 0.05) is 26.4 Å². The molecule has 0 rings (SSSR count). The molecule has 0 aliphatic heterocycles. The summed E-state index contributed by atoms with van der Waals surface area (Å²) >= 11 is 0. The Balaban J connectivity index is -0.0000000763. The van der Waals surface area contributed by atoms with Crippen LogP contribution in [-0.2, 0) is 0 Å². The molecular formula is C32H64O4. The van der Waals surface area contributed by atoms with Crippen molar-refractivity contribution in [3.63, 3.8) is 0 Å². The first-order valence-corrected chi connectivity index (χ1v) is 13.7. The number of allylic oxidation sites excluding steroid dienone is 6. The van der Waals surface area contributed by atoms with Crippen LogP contribution in [0.2, 0.25) is 0 Å². The molecule has 36 heavy (non-hydrogen) atoms. The summed E-state index contributed by atoms with van der Waals surface area (Å²) in [4.78, 5) is 0. The minimum absolute atomic E-state index is 0.196. The van der Waals surface area contributed by atoms with Gasteiger partial charge in [-0.15, -0.1) is 13.2 Å². The molecule has 0 fully saturated rings. The van der Waals surface area contributed by atoms with Crippen LogP contribution in [-0.4, -0.2) is 46.9 Å². The Kier molecular flexibility index (Phi) is 92.1. The Hall–Kier alpha value is -1.72. The Labute approximate surface area is 226 Å². The SMILES string of the molecule is C=CCC.C=CCC.CC/C=C/CC.CC/C=C/CCO.CC/C=C/CCO.OCC/C=C/CCO. The third-order valence-corrected chi connectivity index (χ3v) is 3.37. The average molecular weight is 513 g/mol. The molecule has 0 aromatic rings. The van der Waals surface area contributed by atoms with Gasteiger partial charge in [-0.1, -0.05) is 102 Å². The van der Waals surface area contributed by atoms with Crippen molar-refractivity contribution in [1.82, 2.24) is 0 Å². The largest absolute Gasteiger partial charge is 0.396 e. The molecule has 0 aromatic carbocycles. The molecule has 216 valence electrons. The third kappa shape index (κ3) is 119. The summed E-state index contributed by atoms with van der Waals surface area (Å²) in [5.74, 6) is 0. The smallest absolute Gasteiger partial charge is 0.0465 e. The summed E-state index contributed by atoms with van der Waals surface area (Å²) in [6.45, 7) is 20.5. The second-order valence-corrected chi connectivity index (χ2v) is 6.96. The number of rotatable bonds is 14. The molecule has 4 heteroatoms. The van der Waals surface area contributed by atoms with E-state index in [9.17, 15) is 0 Å². The molecule has 0 unspecified atom stereocenters. The molecule has 0 aromatic heterocycles. The summed E-state index contributed by atoms with van der Waals surface area (Å²) < 4.78 is 0. The minimum Gasteiger partial charge on any atom is -0.396 e. The first kappa shape index (κ1) is 47.5. The summed E-state index contributed by atoms with van der Waals surface area (Å²) in [5, 5.41) is 33.0. The van der Waals surface area contributed by atoms with E-state index < -0.39 is 0 Å². The fraction of sp³-hybridized carbons (Fsp3) is 0.625. The van der Waals surface area contributed by atoms with Crippen molar-refractivity contribution in [3.8, 4) is 0 Å². The summed E-state index contributed by atoms with van der Waals surface area (Å²) in [5.41, 5.74) is 0.